The molecule has 2 aliphatic rings. The number of fused-ring (bicyclic) bond motifs is 4. The first-order valence-electron chi connectivity index (χ1n) is 14.1. The summed E-state index contributed by atoms with van der Waals surface area (Å²) in [5.74, 6) is 0. The minimum Gasteiger partial charge on any atom is -0.307 e. The fraction of sp³-hybridized carbons (Fsp3) is 0.189. The van der Waals surface area contributed by atoms with Crippen LogP contribution in [0, 0.1) is 0 Å². The van der Waals surface area contributed by atoms with Gasteiger partial charge in [-0.3, -0.25) is 0 Å². The Hall–Kier alpha value is -3.45. The third-order valence-electron chi connectivity index (χ3n) is 9.24. The molecule has 1 aliphatic carbocycles. The number of nitrogens with zero attached hydrogens (tertiary/aromatic N) is 1. The van der Waals surface area contributed by atoms with Gasteiger partial charge in [-0.1, -0.05) is 155 Å². The summed E-state index contributed by atoms with van der Waals surface area (Å²) in [6.45, 7) is 9.42. The molecule has 7 rings (SSSR count). The Morgan fingerprint density at radius 3 is 1.38 bits per heavy atom. The summed E-state index contributed by atoms with van der Waals surface area (Å²) in [5.41, 5.74) is 10.4. The predicted octanol–water partition coefficient (Wildman–Crippen LogP) is 9.61. The molecule has 1 atom stereocenters. The Labute approximate surface area is 243 Å². The van der Waals surface area contributed by atoms with Crippen molar-refractivity contribution in [3.63, 3.8) is 0 Å². The van der Waals surface area contributed by atoms with E-state index in [0.717, 1.165) is 0 Å². The van der Waals surface area contributed by atoms with Gasteiger partial charge in [0.1, 0.15) is 0 Å². The average molecular weight is 556 g/mol. The summed E-state index contributed by atoms with van der Waals surface area (Å²) in [6, 6.07) is 46.9. The zero-order valence-electron chi connectivity index (χ0n) is 23.5. The van der Waals surface area contributed by atoms with Crippen LogP contribution in [0.5, 0.6) is 0 Å². The molecule has 0 N–H and O–H groups in total. The molecule has 0 aromatic heterocycles. The fourth-order valence-electron chi connectivity index (χ4n) is 7.29. The van der Waals surface area contributed by atoms with E-state index >= 15 is 0 Å². The summed E-state index contributed by atoms with van der Waals surface area (Å²) >= 11 is 7.30. The van der Waals surface area contributed by atoms with Gasteiger partial charge in [-0.25, -0.2) is 0 Å². The standard InChI is InChI=1S/C37H34NPS/c1-36(2)29-20-10-8-18-27(29)35(28-19-9-11-21-30(28)36)39(40,26-16-6-5-7-17-26)38-33-24-14-12-22-31(33)37(3,4)32-23-13-15-25-34(32)38/h5-25,35H,1-4H3. The Morgan fingerprint density at radius 2 is 0.875 bits per heavy atom. The number of rotatable bonds is 3. The van der Waals surface area contributed by atoms with Crippen LogP contribution in [-0.2, 0) is 22.6 Å². The first kappa shape index (κ1) is 25.5. The van der Waals surface area contributed by atoms with Crippen LogP contribution in [0.25, 0.3) is 0 Å². The summed E-state index contributed by atoms with van der Waals surface area (Å²) < 4.78 is 2.60. The van der Waals surface area contributed by atoms with Gasteiger partial charge in [-0.2, -0.15) is 0 Å². The molecular formula is C37H34NPS. The highest BCUT2D eigenvalue weighted by molar-refractivity contribution is 8.19. The summed E-state index contributed by atoms with van der Waals surface area (Å²) in [7, 11) is 0. The number of anilines is 2. The van der Waals surface area contributed by atoms with Crippen molar-refractivity contribution < 1.29 is 0 Å². The van der Waals surface area contributed by atoms with E-state index in [4.69, 9.17) is 11.8 Å². The number of para-hydroxylation sites is 2. The van der Waals surface area contributed by atoms with E-state index in [-0.39, 0.29) is 16.5 Å². The maximum absolute atomic E-state index is 7.30. The molecule has 0 radical (unpaired) electrons. The molecule has 198 valence electrons. The molecule has 40 heavy (non-hydrogen) atoms. The van der Waals surface area contributed by atoms with Gasteiger partial charge in [-0.05, 0) is 45.5 Å². The molecule has 0 bridgehead atoms. The van der Waals surface area contributed by atoms with Gasteiger partial charge in [0.15, 0.2) is 0 Å². The second-order valence-electron chi connectivity index (χ2n) is 12.1. The third-order valence-corrected chi connectivity index (χ3v) is 14.3. The maximum Gasteiger partial charge on any atom is 0.0805 e. The van der Waals surface area contributed by atoms with Gasteiger partial charge in [0.05, 0.1) is 11.8 Å². The molecule has 1 nitrogen and oxygen atoms in total. The van der Waals surface area contributed by atoms with Crippen molar-refractivity contribution in [2.75, 3.05) is 4.67 Å². The topological polar surface area (TPSA) is 3.24 Å². The number of hydrogen-bond acceptors (Lipinski definition) is 1. The molecule has 5 aromatic rings. The monoisotopic (exact) mass is 555 g/mol. The molecular weight excluding hydrogens is 521 g/mol. The third kappa shape index (κ3) is 3.43. The zero-order valence-corrected chi connectivity index (χ0v) is 25.2. The van der Waals surface area contributed by atoms with Gasteiger partial charge >= 0.3 is 0 Å². The molecule has 1 heterocycles. The van der Waals surface area contributed by atoms with Crippen LogP contribution in [-0.4, -0.2) is 0 Å². The lowest BCUT2D eigenvalue weighted by atomic mass is 9.69. The molecule has 0 spiro atoms. The zero-order chi connectivity index (χ0) is 27.7. The highest BCUT2D eigenvalue weighted by atomic mass is 32.4. The van der Waals surface area contributed by atoms with Crippen molar-refractivity contribution in [1.29, 1.82) is 0 Å². The van der Waals surface area contributed by atoms with Crippen molar-refractivity contribution in [3.8, 4) is 0 Å². The van der Waals surface area contributed by atoms with Crippen molar-refractivity contribution >= 4 is 34.7 Å². The second kappa shape index (κ2) is 9.03. The van der Waals surface area contributed by atoms with Crippen LogP contribution in [0.4, 0.5) is 11.4 Å². The van der Waals surface area contributed by atoms with Crippen LogP contribution in [0.1, 0.15) is 66.7 Å². The molecule has 3 heteroatoms. The van der Waals surface area contributed by atoms with Crippen LogP contribution < -0.4 is 9.97 Å². The van der Waals surface area contributed by atoms with Crippen molar-refractivity contribution in [2.45, 2.75) is 44.2 Å². The highest BCUT2D eigenvalue weighted by Crippen LogP contribution is 2.72. The van der Waals surface area contributed by atoms with E-state index in [1.807, 2.05) is 0 Å². The van der Waals surface area contributed by atoms with E-state index in [1.165, 1.54) is 50.1 Å². The summed E-state index contributed by atoms with van der Waals surface area (Å²) in [6.07, 6.45) is -2.60. The molecule has 0 saturated heterocycles. The van der Waals surface area contributed by atoms with E-state index in [0.29, 0.717) is 0 Å². The normalized spacial score (nSPS) is 18.1. The maximum atomic E-state index is 7.30. The predicted molar refractivity (Wildman–Crippen MR) is 174 cm³/mol. The average Bonchev–Trinajstić information content (AvgIpc) is 2.98. The van der Waals surface area contributed by atoms with Crippen molar-refractivity contribution in [2.24, 2.45) is 0 Å². The SMILES string of the molecule is CC1(C)c2ccccc2C(P(=S)(c2ccccc2)N2c3ccccc3C(C)(C)c3ccccc32)c2ccccc21. The number of hydrogen-bond donors (Lipinski definition) is 0. The Balaban J connectivity index is 1.63. The van der Waals surface area contributed by atoms with Crippen LogP contribution in [0.3, 0.4) is 0 Å². The van der Waals surface area contributed by atoms with E-state index in [9.17, 15) is 0 Å². The van der Waals surface area contributed by atoms with Crippen molar-refractivity contribution in [1.82, 2.24) is 0 Å². The second-order valence-corrected chi connectivity index (χ2v) is 16.5. The van der Waals surface area contributed by atoms with Crippen molar-refractivity contribution in [3.05, 3.63) is 161 Å². The first-order chi connectivity index (χ1) is 19.3. The van der Waals surface area contributed by atoms with Gasteiger partial charge in [0.25, 0.3) is 0 Å². The summed E-state index contributed by atoms with van der Waals surface area (Å²) in [5, 5.41) is 1.24. The smallest absolute Gasteiger partial charge is 0.0805 e. The molecule has 0 saturated carbocycles. The minimum absolute atomic E-state index is 0.0349. The van der Waals surface area contributed by atoms with Gasteiger partial charge in [0, 0.05) is 27.5 Å². The van der Waals surface area contributed by atoms with Crippen LogP contribution >= 0.6 is 6.19 Å². The van der Waals surface area contributed by atoms with E-state index in [2.05, 4.69) is 160 Å². The summed E-state index contributed by atoms with van der Waals surface area (Å²) in [4.78, 5) is 0. The van der Waals surface area contributed by atoms with Crippen LogP contribution in [0.2, 0.25) is 0 Å². The largest absolute Gasteiger partial charge is 0.307 e. The van der Waals surface area contributed by atoms with Gasteiger partial charge in [0.2, 0.25) is 0 Å². The molecule has 0 amide bonds. The van der Waals surface area contributed by atoms with Gasteiger partial charge in [-0.15, -0.1) is 0 Å². The molecule has 1 aliphatic heterocycles. The van der Waals surface area contributed by atoms with E-state index < -0.39 is 6.19 Å². The molecule has 5 aromatic carbocycles. The van der Waals surface area contributed by atoms with Crippen LogP contribution in [0.15, 0.2) is 127 Å². The Kier molecular flexibility index (Phi) is 5.76. The molecule has 0 fully saturated rings. The lowest BCUT2D eigenvalue weighted by Crippen LogP contribution is -2.37. The lowest BCUT2D eigenvalue weighted by Gasteiger charge is -2.51. The van der Waals surface area contributed by atoms with E-state index in [1.54, 1.807) is 0 Å². The quantitative estimate of drug-likeness (QED) is 0.204. The highest BCUT2D eigenvalue weighted by Gasteiger charge is 2.49. The fourth-order valence-corrected chi connectivity index (χ4v) is 12.4. The van der Waals surface area contributed by atoms with Gasteiger partial charge < -0.3 is 4.67 Å². The first-order valence-corrected chi connectivity index (χ1v) is 16.9. The minimum atomic E-state index is -2.60. The number of benzene rings is 5. The lowest BCUT2D eigenvalue weighted by molar-refractivity contribution is 0.607. The molecule has 1 unspecified atom stereocenters. The Bertz CT molecular complexity index is 1590. The Morgan fingerprint density at radius 1 is 0.500 bits per heavy atom.